The molecule has 1 saturated heterocycles. The van der Waals surface area contributed by atoms with E-state index in [1.807, 2.05) is 49.9 Å². The highest BCUT2D eigenvalue weighted by Gasteiger charge is 2.28. The molecule has 6 nitrogen and oxygen atoms in total. The van der Waals surface area contributed by atoms with E-state index in [0.29, 0.717) is 32.1 Å². The van der Waals surface area contributed by atoms with Crippen LogP contribution in [0.15, 0.2) is 30.0 Å². The first kappa shape index (κ1) is 24.2. The molecule has 30 heavy (non-hydrogen) atoms. The Hall–Kier alpha value is -2.05. The maximum absolute atomic E-state index is 13.1. The Kier molecular flexibility index (Phi) is 10.2. The van der Waals surface area contributed by atoms with E-state index in [4.69, 9.17) is 16.3 Å². The van der Waals surface area contributed by atoms with Gasteiger partial charge in [-0.3, -0.25) is 9.59 Å². The molecular formula is C23H34ClN3O3. The average Bonchev–Trinajstić information content (AvgIpc) is 2.77. The summed E-state index contributed by atoms with van der Waals surface area (Å²) in [6.07, 6.45) is 4.95. The summed E-state index contributed by atoms with van der Waals surface area (Å²) in [7, 11) is 0. The minimum Gasteiger partial charge on any atom is -0.378 e. The first-order valence-electron chi connectivity index (χ1n) is 10.9. The monoisotopic (exact) mass is 435 g/mol. The maximum atomic E-state index is 13.1. The number of hydrogen-bond acceptors (Lipinski definition) is 4. The van der Waals surface area contributed by atoms with Gasteiger partial charge >= 0.3 is 0 Å². The maximum Gasteiger partial charge on any atom is 0.274 e. The number of morpholine rings is 1. The molecule has 0 atom stereocenters. The third-order valence-corrected chi connectivity index (χ3v) is 5.33. The van der Waals surface area contributed by atoms with Gasteiger partial charge in [0.2, 0.25) is 5.91 Å². The summed E-state index contributed by atoms with van der Waals surface area (Å²) in [5, 5.41) is 2.92. The molecule has 2 heterocycles. The van der Waals surface area contributed by atoms with Crippen LogP contribution in [0.1, 0.15) is 45.1 Å². The highest BCUT2D eigenvalue weighted by atomic mass is 35.5. The summed E-state index contributed by atoms with van der Waals surface area (Å²) >= 11 is 5.65. The summed E-state index contributed by atoms with van der Waals surface area (Å²) in [6, 6.07) is 5.71. The second-order valence-corrected chi connectivity index (χ2v) is 7.51. The third kappa shape index (κ3) is 6.47. The Balaban J connectivity index is 0.00000155. The van der Waals surface area contributed by atoms with Gasteiger partial charge in [-0.25, -0.2) is 0 Å². The summed E-state index contributed by atoms with van der Waals surface area (Å²) in [4.78, 5) is 29.0. The predicted octanol–water partition coefficient (Wildman–Crippen LogP) is 4.32. The third-order valence-electron chi connectivity index (χ3n) is 5.07. The van der Waals surface area contributed by atoms with Crippen molar-refractivity contribution in [3.05, 3.63) is 35.5 Å². The van der Waals surface area contributed by atoms with Crippen LogP contribution in [0.5, 0.6) is 0 Å². The molecule has 3 rings (SSSR count). The van der Waals surface area contributed by atoms with Crippen molar-refractivity contribution in [2.75, 3.05) is 48.9 Å². The molecule has 0 aliphatic carbocycles. The molecule has 2 amide bonds. The van der Waals surface area contributed by atoms with Crippen LogP contribution in [-0.4, -0.2) is 55.4 Å². The van der Waals surface area contributed by atoms with Crippen molar-refractivity contribution in [3.63, 3.8) is 0 Å². The Labute approximate surface area is 185 Å². The molecule has 0 aromatic heterocycles. The van der Waals surface area contributed by atoms with Gasteiger partial charge in [0.25, 0.3) is 5.91 Å². The molecule has 0 unspecified atom stereocenters. The number of rotatable bonds is 7. The minimum absolute atomic E-state index is 0.0103. The molecule has 2 aliphatic rings. The topological polar surface area (TPSA) is 61.9 Å². The van der Waals surface area contributed by atoms with Crippen molar-refractivity contribution >= 4 is 34.8 Å². The van der Waals surface area contributed by atoms with Gasteiger partial charge in [0, 0.05) is 43.3 Å². The van der Waals surface area contributed by atoms with E-state index >= 15 is 0 Å². The number of alkyl halides is 1. The van der Waals surface area contributed by atoms with Crippen LogP contribution >= 0.6 is 11.6 Å². The molecule has 1 N–H and O–H groups in total. The number of benzene rings is 1. The molecule has 0 bridgehead atoms. The Morgan fingerprint density at radius 2 is 1.90 bits per heavy atom. The number of carbonyl (C=O) groups is 2. The first-order valence-corrected chi connectivity index (χ1v) is 11.4. The van der Waals surface area contributed by atoms with E-state index in [1.54, 1.807) is 0 Å². The zero-order valence-electron chi connectivity index (χ0n) is 18.4. The summed E-state index contributed by atoms with van der Waals surface area (Å²) in [5.74, 6) is 0.601. The normalized spacial score (nSPS) is 16.5. The molecule has 0 saturated carbocycles. The van der Waals surface area contributed by atoms with Crippen LogP contribution < -0.4 is 10.2 Å². The summed E-state index contributed by atoms with van der Waals surface area (Å²) in [5.41, 5.74) is 3.38. The van der Waals surface area contributed by atoms with Crippen LogP contribution in [0.2, 0.25) is 0 Å². The van der Waals surface area contributed by atoms with Gasteiger partial charge in [-0.15, -0.1) is 11.6 Å². The van der Waals surface area contributed by atoms with Gasteiger partial charge in [0.15, 0.2) is 0 Å². The highest BCUT2D eigenvalue weighted by molar-refractivity contribution is 6.17. The van der Waals surface area contributed by atoms with E-state index in [0.717, 1.165) is 55.0 Å². The van der Waals surface area contributed by atoms with Gasteiger partial charge in [-0.2, -0.15) is 0 Å². The number of ether oxygens (including phenoxy) is 1. The Bertz CT molecular complexity index is 745. The largest absolute Gasteiger partial charge is 0.378 e. The second-order valence-electron chi connectivity index (χ2n) is 7.13. The zero-order chi connectivity index (χ0) is 21.9. The fraction of sp³-hybridized carbons (Fsp3) is 0.565. The number of hydrogen-bond donors (Lipinski definition) is 1. The minimum atomic E-state index is -0.0103. The number of carbonyl (C=O) groups excluding carboxylic acids is 2. The van der Waals surface area contributed by atoms with E-state index in [1.165, 1.54) is 0 Å². The van der Waals surface area contributed by atoms with E-state index in [2.05, 4.69) is 10.2 Å². The van der Waals surface area contributed by atoms with E-state index in [9.17, 15) is 9.59 Å². The number of unbranched alkanes of at least 4 members (excludes halogenated alkanes) is 1. The predicted molar refractivity (Wildman–Crippen MR) is 123 cm³/mol. The van der Waals surface area contributed by atoms with Crippen molar-refractivity contribution in [1.29, 1.82) is 0 Å². The van der Waals surface area contributed by atoms with Crippen molar-refractivity contribution in [2.24, 2.45) is 0 Å². The molecule has 1 aromatic carbocycles. The molecule has 0 spiro atoms. The van der Waals surface area contributed by atoms with Crippen molar-refractivity contribution in [2.45, 2.75) is 46.5 Å². The number of aryl methyl sites for hydroxylation is 1. The number of anilines is 2. The van der Waals surface area contributed by atoms with Gasteiger partial charge in [0.05, 0.1) is 18.9 Å². The lowest BCUT2D eigenvalue weighted by Gasteiger charge is -2.36. The lowest BCUT2D eigenvalue weighted by atomic mass is 10.1. The Morgan fingerprint density at radius 3 is 2.57 bits per heavy atom. The zero-order valence-corrected chi connectivity index (χ0v) is 19.1. The standard InChI is InChI=1S/C21H28ClN3O3.C2H6/c1-16-15-17(23-20(26)6-2-3-9-22)7-8-18(16)25-10-4-5-19(21(25)27)24-11-13-28-14-12-24;1-2/h5,7-8,15H,2-4,6,9-14H2,1H3,(H,23,26);1-2H3. The van der Waals surface area contributed by atoms with Crippen LogP contribution in [0.4, 0.5) is 11.4 Å². The number of halogens is 1. The highest BCUT2D eigenvalue weighted by Crippen LogP contribution is 2.28. The van der Waals surface area contributed by atoms with Gasteiger partial charge < -0.3 is 19.9 Å². The molecule has 2 aliphatic heterocycles. The molecule has 166 valence electrons. The van der Waals surface area contributed by atoms with Crippen LogP contribution in [0.25, 0.3) is 0 Å². The molecule has 1 fully saturated rings. The fourth-order valence-corrected chi connectivity index (χ4v) is 3.78. The van der Waals surface area contributed by atoms with Gasteiger partial charge in [-0.05, 0) is 49.9 Å². The molecule has 0 radical (unpaired) electrons. The number of amides is 2. The Morgan fingerprint density at radius 1 is 1.17 bits per heavy atom. The molecule has 1 aromatic rings. The quantitative estimate of drug-likeness (QED) is 0.511. The number of nitrogens with zero attached hydrogens (tertiary/aromatic N) is 2. The van der Waals surface area contributed by atoms with Gasteiger partial charge in [0.1, 0.15) is 0 Å². The SMILES string of the molecule is CC.Cc1cc(NC(=O)CCCCCl)ccc1N1CCC=C(N2CCOCC2)C1=O. The summed E-state index contributed by atoms with van der Waals surface area (Å²) in [6.45, 7) is 9.44. The van der Waals surface area contributed by atoms with Gasteiger partial charge in [-0.1, -0.05) is 19.9 Å². The van der Waals surface area contributed by atoms with Crippen molar-refractivity contribution < 1.29 is 14.3 Å². The second kappa shape index (κ2) is 12.6. The lowest BCUT2D eigenvalue weighted by Crippen LogP contribution is -2.45. The molecular weight excluding hydrogens is 402 g/mol. The van der Waals surface area contributed by atoms with Crippen LogP contribution in [0.3, 0.4) is 0 Å². The smallest absolute Gasteiger partial charge is 0.274 e. The van der Waals surface area contributed by atoms with Crippen LogP contribution in [0, 0.1) is 6.92 Å². The molecule has 7 heteroatoms. The van der Waals surface area contributed by atoms with E-state index in [-0.39, 0.29) is 11.8 Å². The lowest BCUT2D eigenvalue weighted by molar-refractivity contribution is -0.118. The first-order chi connectivity index (χ1) is 14.6. The van der Waals surface area contributed by atoms with Crippen LogP contribution in [-0.2, 0) is 14.3 Å². The van der Waals surface area contributed by atoms with E-state index < -0.39 is 0 Å². The van der Waals surface area contributed by atoms with Crippen molar-refractivity contribution in [1.82, 2.24) is 4.90 Å². The average molecular weight is 436 g/mol. The number of nitrogens with one attached hydrogen (secondary N) is 1. The fourth-order valence-electron chi connectivity index (χ4n) is 3.60. The summed E-state index contributed by atoms with van der Waals surface area (Å²) < 4.78 is 5.40. The van der Waals surface area contributed by atoms with Crippen molar-refractivity contribution in [3.8, 4) is 0 Å².